The Morgan fingerprint density at radius 2 is 2.67 bits per heavy atom. The van der Waals surface area contributed by atoms with Gasteiger partial charge in [-0.15, -0.1) is 0 Å². The van der Waals surface area contributed by atoms with Crippen molar-refractivity contribution in [2.24, 2.45) is 0 Å². The van der Waals surface area contributed by atoms with Crippen molar-refractivity contribution in [3.8, 4) is 0 Å². The van der Waals surface area contributed by atoms with Gasteiger partial charge in [0.05, 0.1) is 6.26 Å². The highest BCUT2D eigenvalue weighted by Crippen LogP contribution is 2.48. The molecule has 1 heterocycles. The van der Waals surface area contributed by atoms with Gasteiger partial charge in [0.25, 0.3) is 7.65 Å². The molecule has 0 aromatic rings. The highest BCUT2D eigenvalue weighted by atomic mass is 35.7. The van der Waals surface area contributed by atoms with Crippen LogP contribution in [0.1, 0.15) is 6.92 Å². The van der Waals surface area contributed by atoms with Crippen molar-refractivity contribution in [2.45, 2.75) is 6.92 Å². The van der Waals surface area contributed by atoms with E-state index in [1.165, 1.54) is 0 Å². The average Bonchev–Trinajstić information content (AvgIpc) is 1.89. The van der Waals surface area contributed by atoms with E-state index in [1.54, 1.807) is 6.26 Å². The van der Waals surface area contributed by atoms with Gasteiger partial charge in [-0.25, -0.2) is 4.67 Å². The molecule has 0 aromatic carbocycles. The lowest BCUT2D eigenvalue weighted by Gasteiger charge is -2.24. The van der Waals surface area contributed by atoms with E-state index in [4.69, 9.17) is 15.8 Å². The Balaban J connectivity index is 2.43. The molecule has 0 spiro atoms. The molecule has 0 amide bonds. The fraction of sp³-hybridized carbons (Fsp3) is 0.600. The van der Waals surface area contributed by atoms with Crippen LogP contribution >= 0.6 is 18.9 Å². The van der Waals surface area contributed by atoms with Gasteiger partial charge in [0.15, 0.2) is 0 Å². The monoisotopic (exact) mass is 165 g/mol. The van der Waals surface area contributed by atoms with Crippen LogP contribution in [0.25, 0.3) is 0 Å². The van der Waals surface area contributed by atoms with Gasteiger partial charge in [-0.05, 0) is 17.3 Å². The van der Waals surface area contributed by atoms with Crippen LogP contribution in [-0.2, 0) is 4.52 Å². The minimum absolute atomic E-state index is 0.836. The van der Waals surface area contributed by atoms with E-state index >= 15 is 0 Å². The Morgan fingerprint density at radius 1 is 1.89 bits per heavy atom. The second-order valence-corrected chi connectivity index (χ2v) is 3.81. The van der Waals surface area contributed by atoms with E-state index in [2.05, 4.69) is 11.6 Å². The summed E-state index contributed by atoms with van der Waals surface area (Å²) in [5.74, 6) is 0. The van der Waals surface area contributed by atoms with Crippen molar-refractivity contribution < 1.29 is 4.52 Å². The molecule has 2 nitrogen and oxygen atoms in total. The van der Waals surface area contributed by atoms with Gasteiger partial charge in [-0.2, -0.15) is 0 Å². The summed E-state index contributed by atoms with van der Waals surface area (Å²) in [5, 5.41) is 0. The fourth-order valence-corrected chi connectivity index (χ4v) is 2.04. The first-order valence-corrected chi connectivity index (χ1v) is 4.99. The first-order valence-electron chi connectivity index (χ1n) is 2.87. The Bertz CT molecular complexity index is 120. The number of hydrogen-bond donors (Lipinski definition) is 0. The molecule has 0 saturated heterocycles. The van der Waals surface area contributed by atoms with E-state index in [9.17, 15) is 0 Å². The zero-order valence-electron chi connectivity index (χ0n) is 5.25. The third-order valence-corrected chi connectivity index (χ3v) is 3.21. The highest BCUT2D eigenvalue weighted by molar-refractivity contribution is 7.78. The Morgan fingerprint density at radius 3 is 3.11 bits per heavy atom. The predicted octanol–water partition coefficient (Wildman–Crippen LogP) is 2.32. The highest BCUT2D eigenvalue weighted by Gasteiger charge is 2.16. The van der Waals surface area contributed by atoms with Crippen LogP contribution in [0.3, 0.4) is 0 Å². The zero-order chi connectivity index (χ0) is 6.69. The third kappa shape index (κ3) is 1.82. The summed E-state index contributed by atoms with van der Waals surface area (Å²) in [4.78, 5) is 0. The lowest BCUT2D eigenvalue weighted by Crippen LogP contribution is -2.18. The molecule has 1 aliphatic rings. The molecule has 0 N–H and O–H groups in total. The standard InChI is InChI=1S/C5H9ClNOP/c1-2-7-4-3-5-8-9(7)6/h3,5H,2,4H2,1H3. The average molecular weight is 166 g/mol. The van der Waals surface area contributed by atoms with Crippen LogP contribution in [0.4, 0.5) is 0 Å². The first kappa shape index (κ1) is 7.33. The molecule has 0 saturated carbocycles. The zero-order valence-corrected chi connectivity index (χ0v) is 6.90. The Labute approximate surface area is 61.1 Å². The lowest BCUT2D eigenvalue weighted by atomic mass is 10.6. The molecule has 1 rings (SSSR count). The first-order chi connectivity index (χ1) is 4.34. The normalized spacial score (nSPS) is 28.0. The van der Waals surface area contributed by atoms with Crippen LogP contribution in [0.5, 0.6) is 0 Å². The molecule has 1 aliphatic heterocycles. The van der Waals surface area contributed by atoms with E-state index in [0.717, 1.165) is 13.1 Å². The summed E-state index contributed by atoms with van der Waals surface area (Å²) in [6, 6.07) is 0. The molecular formula is C5H9ClNOP. The largest absolute Gasteiger partial charge is 0.453 e. The smallest absolute Gasteiger partial charge is 0.265 e. The van der Waals surface area contributed by atoms with Crippen LogP contribution in [-0.4, -0.2) is 17.8 Å². The summed E-state index contributed by atoms with van der Waals surface area (Å²) in [6.45, 7) is 3.95. The van der Waals surface area contributed by atoms with Crippen LogP contribution in [0.2, 0.25) is 0 Å². The maximum Gasteiger partial charge on any atom is 0.265 e. The van der Waals surface area contributed by atoms with Crippen molar-refractivity contribution in [1.82, 2.24) is 4.67 Å². The van der Waals surface area contributed by atoms with Gasteiger partial charge >= 0.3 is 0 Å². The molecule has 52 valence electrons. The quantitative estimate of drug-likeness (QED) is 0.553. The SMILES string of the molecule is CCN1CC=COP1Cl. The molecule has 0 fully saturated rings. The van der Waals surface area contributed by atoms with E-state index in [-0.39, 0.29) is 0 Å². The summed E-state index contributed by atoms with van der Waals surface area (Å²) < 4.78 is 7.14. The predicted molar refractivity (Wildman–Crippen MR) is 40.2 cm³/mol. The number of hydrogen-bond acceptors (Lipinski definition) is 2. The minimum atomic E-state index is -0.836. The second-order valence-electron chi connectivity index (χ2n) is 1.71. The summed E-state index contributed by atoms with van der Waals surface area (Å²) in [7, 11) is -0.836. The number of rotatable bonds is 1. The van der Waals surface area contributed by atoms with Gasteiger partial charge < -0.3 is 4.52 Å². The van der Waals surface area contributed by atoms with Crippen molar-refractivity contribution >= 4 is 18.9 Å². The number of halogens is 1. The van der Waals surface area contributed by atoms with Crippen LogP contribution < -0.4 is 0 Å². The third-order valence-electron chi connectivity index (χ3n) is 1.15. The molecular weight excluding hydrogens is 156 g/mol. The maximum absolute atomic E-state index is 5.80. The van der Waals surface area contributed by atoms with Crippen LogP contribution in [0.15, 0.2) is 12.3 Å². The molecule has 0 radical (unpaired) electrons. The van der Waals surface area contributed by atoms with Gasteiger partial charge in [-0.3, -0.25) is 0 Å². The topological polar surface area (TPSA) is 12.5 Å². The van der Waals surface area contributed by atoms with Gasteiger partial charge in [-0.1, -0.05) is 6.92 Å². The summed E-state index contributed by atoms with van der Waals surface area (Å²) >= 11 is 5.80. The van der Waals surface area contributed by atoms with Crippen molar-refractivity contribution in [1.29, 1.82) is 0 Å². The summed E-state index contributed by atoms with van der Waals surface area (Å²) in [6.07, 6.45) is 3.63. The molecule has 0 aliphatic carbocycles. The van der Waals surface area contributed by atoms with Gasteiger partial charge in [0.1, 0.15) is 0 Å². The number of likely N-dealkylation sites (N-methyl/N-ethyl adjacent to an activating group) is 1. The Hall–Kier alpha value is 0.220. The second kappa shape index (κ2) is 3.40. The van der Waals surface area contributed by atoms with E-state index in [0.29, 0.717) is 0 Å². The minimum Gasteiger partial charge on any atom is -0.453 e. The molecule has 0 bridgehead atoms. The van der Waals surface area contributed by atoms with E-state index < -0.39 is 7.65 Å². The fourth-order valence-electron chi connectivity index (χ4n) is 0.629. The van der Waals surface area contributed by atoms with E-state index in [1.807, 2.05) is 6.08 Å². The van der Waals surface area contributed by atoms with Crippen LogP contribution in [0, 0.1) is 0 Å². The molecule has 1 unspecified atom stereocenters. The van der Waals surface area contributed by atoms with Gasteiger partial charge in [0, 0.05) is 13.1 Å². The molecule has 1 atom stereocenters. The summed E-state index contributed by atoms with van der Waals surface area (Å²) in [5.41, 5.74) is 0. The lowest BCUT2D eigenvalue weighted by molar-refractivity contribution is 0.415. The number of nitrogens with zero attached hydrogens (tertiary/aromatic N) is 1. The van der Waals surface area contributed by atoms with Crippen molar-refractivity contribution in [3.05, 3.63) is 12.3 Å². The molecule has 9 heavy (non-hydrogen) atoms. The maximum atomic E-state index is 5.80. The molecule has 4 heteroatoms. The van der Waals surface area contributed by atoms with Crippen molar-refractivity contribution in [3.63, 3.8) is 0 Å². The Kier molecular flexibility index (Phi) is 2.77. The van der Waals surface area contributed by atoms with Crippen molar-refractivity contribution in [2.75, 3.05) is 13.1 Å². The van der Waals surface area contributed by atoms with Gasteiger partial charge in [0.2, 0.25) is 0 Å². The molecule has 0 aromatic heterocycles.